The average Bonchev–Trinajstić information content (AvgIpc) is 2.62. The van der Waals surface area contributed by atoms with Crippen LogP contribution in [0.25, 0.3) is 11.1 Å². The molecular formula is C22H23NO. The molecule has 0 amide bonds. The molecule has 24 heavy (non-hydrogen) atoms. The number of para-hydroxylation sites is 1. The third-order valence-corrected chi connectivity index (χ3v) is 3.88. The first kappa shape index (κ1) is 16.3. The Morgan fingerprint density at radius 3 is 2.12 bits per heavy atom. The Bertz CT molecular complexity index is 766. The van der Waals surface area contributed by atoms with Crippen molar-refractivity contribution in [3.05, 3.63) is 84.4 Å². The monoisotopic (exact) mass is 317 g/mol. The predicted octanol–water partition coefficient (Wildman–Crippen LogP) is 5.64. The average molecular weight is 317 g/mol. The second-order valence-corrected chi connectivity index (χ2v) is 6.10. The van der Waals surface area contributed by atoms with E-state index in [1.54, 1.807) is 0 Å². The lowest BCUT2D eigenvalue weighted by Gasteiger charge is -2.17. The highest BCUT2D eigenvalue weighted by molar-refractivity contribution is 5.70. The molecule has 0 radical (unpaired) electrons. The van der Waals surface area contributed by atoms with E-state index >= 15 is 0 Å². The number of ether oxygens (including phenoxy) is 1. The molecule has 0 aliphatic carbocycles. The Labute approximate surface area is 144 Å². The van der Waals surface area contributed by atoms with Gasteiger partial charge in [0, 0.05) is 18.2 Å². The molecular weight excluding hydrogens is 294 g/mol. The summed E-state index contributed by atoms with van der Waals surface area (Å²) in [5.41, 5.74) is 3.59. The zero-order valence-electron chi connectivity index (χ0n) is 14.2. The predicted molar refractivity (Wildman–Crippen MR) is 100 cm³/mol. The third-order valence-electron chi connectivity index (χ3n) is 3.88. The van der Waals surface area contributed by atoms with E-state index in [0.717, 1.165) is 18.0 Å². The summed E-state index contributed by atoms with van der Waals surface area (Å²) in [6.07, 6.45) is 0. The van der Waals surface area contributed by atoms with Gasteiger partial charge in [-0.3, -0.25) is 0 Å². The number of benzene rings is 3. The molecule has 2 heteroatoms. The van der Waals surface area contributed by atoms with Crippen LogP contribution in [0.1, 0.15) is 19.4 Å². The van der Waals surface area contributed by atoms with Crippen LogP contribution in [-0.4, -0.2) is 6.04 Å². The van der Waals surface area contributed by atoms with E-state index in [-0.39, 0.29) is 0 Å². The molecule has 3 aromatic carbocycles. The van der Waals surface area contributed by atoms with Crippen LogP contribution in [0.3, 0.4) is 0 Å². The van der Waals surface area contributed by atoms with E-state index in [0.29, 0.717) is 6.04 Å². The van der Waals surface area contributed by atoms with Crippen molar-refractivity contribution in [2.24, 2.45) is 0 Å². The molecule has 0 spiro atoms. The fourth-order valence-electron chi connectivity index (χ4n) is 2.65. The van der Waals surface area contributed by atoms with E-state index in [2.05, 4.69) is 55.6 Å². The first-order chi connectivity index (χ1) is 11.7. The maximum atomic E-state index is 6.16. The smallest absolute Gasteiger partial charge is 0.132 e. The van der Waals surface area contributed by atoms with Crippen molar-refractivity contribution in [1.82, 2.24) is 5.32 Å². The Balaban J connectivity index is 2.01. The van der Waals surface area contributed by atoms with Crippen molar-refractivity contribution in [2.75, 3.05) is 0 Å². The Morgan fingerprint density at radius 2 is 1.46 bits per heavy atom. The van der Waals surface area contributed by atoms with Gasteiger partial charge in [-0.2, -0.15) is 0 Å². The topological polar surface area (TPSA) is 21.3 Å². The maximum Gasteiger partial charge on any atom is 0.132 e. The van der Waals surface area contributed by atoms with Gasteiger partial charge in [0.15, 0.2) is 0 Å². The SMILES string of the molecule is CC(C)NCc1c(Oc2ccccc2)cccc1-c1ccccc1. The van der Waals surface area contributed by atoms with Gasteiger partial charge in [0.25, 0.3) is 0 Å². The summed E-state index contributed by atoms with van der Waals surface area (Å²) < 4.78 is 6.16. The minimum Gasteiger partial charge on any atom is -0.457 e. The van der Waals surface area contributed by atoms with Crippen LogP contribution in [0.15, 0.2) is 78.9 Å². The van der Waals surface area contributed by atoms with Gasteiger partial charge in [-0.25, -0.2) is 0 Å². The number of hydrogen-bond donors (Lipinski definition) is 1. The summed E-state index contributed by atoms with van der Waals surface area (Å²) >= 11 is 0. The summed E-state index contributed by atoms with van der Waals surface area (Å²) in [5.74, 6) is 1.75. The lowest BCUT2D eigenvalue weighted by Crippen LogP contribution is -2.22. The minimum absolute atomic E-state index is 0.415. The first-order valence-corrected chi connectivity index (χ1v) is 8.37. The van der Waals surface area contributed by atoms with E-state index < -0.39 is 0 Å². The van der Waals surface area contributed by atoms with Crippen molar-refractivity contribution in [2.45, 2.75) is 26.4 Å². The molecule has 0 aliphatic rings. The highest BCUT2D eigenvalue weighted by Gasteiger charge is 2.12. The van der Waals surface area contributed by atoms with Gasteiger partial charge in [0.1, 0.15) is 11.5 Å². The van der Waals surface area contributed by atoms with Crippen molar-refractivity contribution in [1.29, 1.82) is 0 Å². The molecule has 0 fully saturated rings. The summed E-state index contributed by atoms with van der Waals surface area (Å²) in [4.78, 5) is 0. The maximum absolute atomic E-state index is 6.16. The minimum atomic E-state index is 0.415. The molecule has 3 aromatic rings. The molecule has 0 heterocycles. The van der Waals surface area contributed by atoms with Crippen LogP contribution in [-0.2, 0) is 6.54 Å². The molecule has 2 nitrogen and oxygen atoms in total. The normalized spacial score (nSPS) is 10.8. The number of nitrogens with one attached hydrogen (secondary N) is 1. The molecule has 0 bridgehead atoms. The van der Waals surface area contributed by atoms with Crippen LogP contribution in [0.5, 0.6) is 11.5 Å². The van der Waals surface area contributed by atoms with Crippen molar-refractivity contribution in [3.63, 3.8) is 0 Å². The molecule has 0 unspecified atom stereocenters. The zero-order chi connectivity index (χ0) is 16.8. The molecule has 0 saturated carbocycles. The van der Waals surface area contributed by atoms with Crippen molar-refractivity contribution < 1.29 is 4.74 Å². The van der Waals surface area contributed by atoms with E-state index in [9.17, 15) is 0 Å². The second-order valence-electron chi connectivity index (χ2n) is 6.10. The van der Waals surface area contributed by atoms with E-state index in [1.165, 1.54) is 16.7 Å². The summed E-state index contributed by atoms with van der Waals surface area (Å²) in [7, 11) is 0. The van der Waals surface area contributed by atoms with Gasteiger partial charge in [-0.05, 0) is 29.3 Å². The van der Waals surface area contributed by atoms with Gasteiger partial charge in [0.05, 0.1) is 0 Å². The molecule has 0 aliphatic heterocycles. The molecule has 3 rings (SSSR count). The van der Waals surface area contributed by atoms with Gasteiger partial charge in [-0.15, -0.1) is 0 Å². The Hall–Kier alpha value is -2.58. The fourth-order valence-corrected chi connectivity index (χ4v) is 2.65. The van der Waals surface area contributed by atoms with Gasteiger partial charge < -0.3 is 10.1 Å². The molecule has 1 N–H and O–H groups in total. The molecule has 0 saturated heterocycles. The fraction of sp³-hybridized carbons (Fsp3) is 0.182. The van der Waals surface area contributed by atoms with E-state index in [1.807, 2.05) is 42.5 Å². The number of hydrogen-bond acceptors (Lipinski definition) is 2. The quantitative estimate of drug-likeness (QED) is 0.635. The molecule has 122 valence electrons. The summed E-state index contributed by atoms with van der Waals surface area (Å²) in [5, 5.41) is 3.52. The Kier molecular flexibility index (Phi) is 5.29. The van der Waals surface area contributed by atoms with Crippen LogP contribution >= 0.6 is 0 Å². The van der Waals surface area contributed by atoms with Crippen molar-refractivity contribution in [3.8, 4) is 22.6 Å². The summed E-state index contributed by atoms with van der Waals surface area (Å²) in [6, 6.07) is 27.1. The van der Waals surface area contributed by atoms with Crippen LogP contribution in [0.2, 0.25) is 0 Å². The highest BCUT2D eigenvalue weighted by atomic mass is 16.5. The van der Waals surface area contributed by atoms with Crippen LogP contribution < -0.4 is 10.1 Å². The van der Waals surface area contributed by atoms with Gasteiger partial charge in [0.2, 0.25) is 0 Å². The first-order valence-electron chi connectivity index (χ1n) is 8.37. The second kappa shape index (κ2) is 7.80. The number of rotatable bonds is 6. The zero-order valence-corrected chi connectivity index (χ0v) is 14.2. The molecule has 0 aromatic heterocycles. The lowest BCUT2D eigenvalue weighted by molar-refractivity contribution is 0.470. The summed E-state index contributed by atoms with van der Waals surface area (Å²) in [6.45, 7) is 5.08. The molecule has 0 atom stereocenters. The van der Waals surface area contributed by atoms with Gasteiger partial charge in [-0.1, -0.05) is 74.5 Å². The largest absolute Gasteiger partial charge is 0.457 e. The van der Waals surface area contributed by atoms with Crippen molar-refractivity contribution >= 4 is 0 Å². The highest BCUT2D eigenvalue weighted by Crippen LogP contribution is 2.33. The Morgan fingerprint density at radius 1 is 0.792 bits per heavy atom. The van der Waals surface area contributed by atoms with Crippen LogP contribution in [0, 0.1) is 0 Å². The standard InChI is InChI=1S/C22H23NO/c1-17(2)23-16-21-20(18-10-5-3-6-11-18)14-9-15-22(21)24-19-12-7-4-8-13-19/h3-15,17,23H,16H2,1-2H3. The van der Waals surface area contributed by atoms with Gasteiger partial charge >= 0.3 is 0 Å². The van der Waals surface area contributed by atoms with Crippen LogP contribution in [0.4, 0.5) is 0 Å². The third kappa shape index (κ3) is 4.03. The van der Waals surface area contributed by atoms with E-state index in [4.69, 9.17) is 4.74 Å². The lowest BCUT2D eigenvalue weighted by atomic mass is 9.98.